The summed E-state index contributed by atoms with van der Waals surface area (Å²) in [6.45, 7) is 1.08. The molecule has 6 nitrogen and oxygen atoms in total. The highest BCUT2D eigenvalue weighted by Crippen LogP contribution is 2.06. The molecule has 5 N–H and O–H groups in total. The lowest BCUT2D eigenvalue weighted by Crippen LogP contribution is -2.21. The Kier molecular flexibility index (Phi) is 6.64. The number of benzene rings is 1. The van der Waals surface area contributed by atoms with Gasteiger partial charge in [0, 0.05) is 6.92 Å². The standard InChI is InChI=1S/C8H8F2N4.C2H4O2/c9-6-2-1-5(3-7(6)10)4-13-14-8(11)12;1-2(3)4/h1-4H,(H4,11,12,14);1H3,(H,3,4). The molecule has 0 aliphatic heterocycles. The molecule has 0 fully saturated rings. The number of aliphatic carboxylic acids is 1. The molecular formula is C10H12F2N4O2. The zero-order valence-corrected chi connectivity index (χ0v) is 9.47. The van der Waals surface area contributed by atoms with Crippen molar-refractivity contribution in [2.45, 2.75) is 6.92 Å². The highest BCUT2D eigenvalue weighted by Gasteiger charge is 1.99. The third-order valence-electron chi connectivity index (χ3n) is 1.32. The number of halogens is 2. The minimum absolute atomic E-state index is 0.205. The lowest BCUT2D eigenvalue weighted by Gasteiger charge is -1.93. The van der Waals surface area contributed by atoms with Gasteiger partial charge in [-0.1, -0.05) is 6.07 Å². The Morgan fingerprint density at radius 3 is 2.33 bits per heavy atom. The van der Waals surface area contributed by atoms with Crippen LogP contribution in [0.25, 0.3) is 0 Å². The molecule has 0 bridgehead atoms. The number of rotatable bonds is 2. The maximum absolute atomic E-state index is 12.6. The van der Waals surface area contributed by atoms with Crippen LogP contribution < -0.4 is 11.5 Å². The first kappa shape index (κ1) is 15.5. The summed E-state index contributed by atoms with van der Waals surface area (Å²) in [7, 11) is 0. The molecular weight excluding hydrogens is 246 g/mol. The molecule has 0 unspecified atom stereocenters. The van der Waals surface area contributed by atoms with E-state index in [1.165, 1.54) is 12.3 Å². The number of carboxylic acids is 1. The SMILES string of the molecule is CC(=O)O.NC(N)=NN=Cc1ccc(F)c(F)c1. The van der Waals surface area contributed by atoms with E-state index in [1.54, 1.807) is 0 Å². The number of hydrogen-bond donors (Lipinski definition) is 3. The number of nitrogens with two attached hydrogens (primary N) is 2. The third kappa shape index (κ3) is 7.74. The Labute approximate surface area is 102 Å². The molecule has 0 saturated heterocycles. The van der Waals surface area contributed by atoms with Crippen molar-refractivity contribution in [3.05, 3.63) is 35.4 Å². The van der Waals surface area contributed by atoms with Gasteiger partial charge in [-0.2, -0.15) is 5.10 Å². The number of hydrogen-bond acceptors (Lipinski definition) is 3. The van der Waals surface area contributed by atoms with E-state index >= 15 is 0 Å². The van der Waals surface area contributed by atoms with Gasteiger partial charge in [0.15, 0.2) is 11.6 Å². The lowest BCUT2D eigenvalue weighted by atomic mass is 10.2. The predicted molar refractivity (Wildman–Crippen MR) is 63.1 cm³/mol. The maximum atomic E-state index is 12.6. The van der Waals surface area contributed by atoms with Crippen molar-refractivity contribution in [1.29, 1.82) is 0 Å². The summed E-state index contributed by atoms with van der Waals surface area (Å²) in [5.41, 5.74) is 10.4. The molecule has 1 aromatic rings. The summed E-state index contributed by atoms with van der Waals surface area (Å²) in [4.78, 5) is 9.00. The third-order valence-corrected chi connectivity index (χ3v) is 1.32. The van der Waals surface area contributed by atoms with Crippen LogP contribution in [0.4, 0.5) is 8.78 Å². The molecule has 0 amide bonds. The average molecular weight is 258 g/mol. The van der Waals surface area contributed by atoms with E-state index in [0.29, 0.717) is 5.56 Å². The van der Waals surface area contributed by atoms with Crippen molar-refractivity contribution < 1.29 is 18.7 Å². The van der Waals surface area contributed by atoms with Crippen molar-refractivity contribution in [2.24, 2.45) is 21.7 Å². The van der Waals surface area contributed by atoms with E-state index in [9.17, 15) is 8.78 Å². The van der Waals surface area contributed by atoms with Crippen molar-refractivity contribution in [3.8, 4) is 0 Å². The second-order valence-electron chi connectivity index (χ2n) is 2.96. The minimum atomic E-state index is -0.946. The summed E-state index contributed by atoms with van der Waals surface area (Å²) in [6.07, 6.45) is 1.21. The molecule has 0 heterocycles. The summed E-state index contributed by atoms with van der Waals surface area (Å²) < 4.78 is 25.1. The zero-order valence-electron chi connectivity index (χ0n) is 9.47. The Morgan fingerprint density at radius 2 is 1.89 bits per heavy atom. The van der Waals surface area contributed by atoms with Crippen LogP contribution in [-0.4, -0.2) is 23.2 Å². The van der Waals surface area contributed by atoms with E-state index in [0.717, 1.165) is 19.1 Å². The quantitative estimate of drug-likeness (QED) is 0.410. The maximum Gasteiger partial charge on any atom is 0.300 e. The Balaban J connectivity index is 0.000000631. The van der Waals surface area contributed by atoms with E-state index in [4.69, 9.17) is 21.4 Å². The Bertz CT molecular complexity index is 467. The van der Waals surface area contributed by atoms with Crippen LogP contribution in [0.1, 0.15) is 12.5 Å². The van der Waals surface area contributed by atoms with Gasteiger partial charge >= 0.3 is 0 Å². The molecule has 0 aromatic heterocycles. The first-order valence-electron chi connectivity index (χ1n) is 4.59. The molecule has 8 heteroatoms. The van der Waals surface area contributed by atoms with Crippen molar-refractivity contribution in [3.63, 3.8) is 0 Å². The molecule has 0 aliphatic carbocycles. The van der Waals surface area contributed by atoms with Crippen LogP contribution in [-0.2, 0) is 4.79 Å². The highest BCUT2D eigenvalue weighted by molar-refractivity contribution is 5.81. The van der Waals surface area contributed by atoms with Gasteiger partial charge in [-0.25, -0.2) is 8.78 Å². The van der Waals surface area contributed by atoms with Gasteiger partial charge in [0.1, 0.15) is 0 Å². The highest BCUT2D eigenvalue weighted by atomic mass is 19.2. The zero-order chi connectivity index (χ0) is 14.1. The van der Waals surface area contributed by atoms with E-state index in [2.05, 4.69) is 10.2 Å². The van der Waals surface area contributed by atoms with Crippen LogP contribution in [0, 0.1) is 11.6 Å². The van der Waals surface area contributed by atoms with Crippen LogP contribution >= 0.6 is 0 Å². The van der Waals surface area contributed by atoms with Crippen LogP contribution in [0.2, 0.25) is 0 Å². The Hall–Kier alpha value is -2.51. The van der Waals surface area contributed by atoms with Gasteiger partial charge in [-0.15, -0.1) is 5.10 Å². The van der Waals surface area contributed by atoms with Gasteiger partial charge in [-0.05, 0) is 17.7 Å². The summed E-state index contributed by atoms with van der Waals surface area (Å²) >= 11 is 0. The molecule has 0 atom stereocenters. The summed E-state index contributed by atoms with van der Waals surface area (Å²) in [5.74, 6) is -2.90. The predicted octanol–water partition coefficient (Wildman–Crippen LogP) is 0.663. The number of carboxylic acid groups (broad SMARTS) is 1. The van der Waals surface area contributed by atoms with Gasteiger partial charge in [-0.3, -0.25) is 4.79 Å². The summed E-state index contributed by atoms with van der Waals surface area (Å²) in [6, 6.07) is 3.33. The fourth-order valence-corrected chi connectivity index (χ4v) is 0.755. The van der Waals surface area contributed by atoms with Crippen LogP contribution in [0.5, 0.6) is 0 Å². The average Bonchev–Trinajstić information content (AvgIpc) is 2.22. The van der Waals surface area contributed by atoms with Gasteiger partial charge in [0.05, 0.1) is 6.21 Å². The molecule has 18 heavy (non-hydrogen) atoms. The van der Waals surface area contributed by atoms with Crippen LogP contribution in [0.15, 0.2) is 28.4 Å². The number of carbonyl (C=O) groups is 1. The molecule has 0 aliphatic rings. The molecule has 0 spiro atoms. The minimum Gasteiger partial charge on any atom is -0.481 e. The van der Waals surface area contributed by atoms with Crippen molar-refractivity contribution in [1.82, 2.24) is 0 Å². The first-order valence-corrected chi connectivity index (χ1v) is 4.59. The molecule has 0 saturated carbocycles. The van der Waals surface area contributed by atoms with Gasteiger partial charge in [0.2, 0.25) is 5.96 Å². The van der Waals surface area contributed by atoms with E-state index < -0.39 is 17.6 Å². The monoisotopic (exact) mass is 258 g/mol. The Morgan fingerprint density at radius 1 is 1.33 bits per heavy atom. The summed E-state index contributed by atoms with van der Waals surface area (Å²) in [5, 5.41) is 14.1. The fraction of sp³-hybridized carbons (Fsp3) is 0.100. The topological polar surface area (TPSA) is 114 Å². The second kappa shape index (κ2) is 7.71. The largest absolute Gasteiger partial charge is 0.481 e. The number of nitrogens with zero attached hydrogens (tertiary/aromatic N) is 2. The first-order chi connectivity index (χ1) is 8.32. The van der Waals surface area contributed by atoms with Gasteiger partial charge < -0.3 is 16.6 Å². The van der Waals surface area contributed by atoms with Crippen LogP contribution in [0.3, 0.4) is 0 Å². The van der Waals surface area contributed by atoms with Gasteiger partial charge in [0.25, 0.3) is 5.97 Å². The molecule has 1 aromatic carbocycles. The molecule has 0 radical (unpaired) electrons. The van der Waals surface area contributed by atoms with E-state index in [1.807, 2.05) is 0 Å². The van der Waals surface area contributed by atoms with E-state index in [-0.39, 0.29) is 5.96 Å². The van der Waals surface area contributed by atoms with Crippen molar-refractivity contribution >= 4 is 18.1 Å². The normalized spacial score (nSPS) is 9.50. The fourth-order valence-electron chi connectivity index (χ4n) is 0.755. The second-order valence-corrected chi connectivity index (χ2v) is 2.96. The van der Waals surface area contributed by atoms with Crippen molar-refractivity contribution in [2.75, 3.05) is 0 Å². The smallest absolute Gasteiger partial charge is 0.300 e. The lowest BCUT2D eigenvalue weighted by molar-refractivity contribution is -0.134. The molecule has 1 rings (SSSR count). The molecule has 98 valence electrons. The number of guanidine groups is 1.